The molecule has 1 aromatic heterocycles. The highest BCUT2D eigenvalue weighted by Crippen LogP contribution is 2.26. The summed E-state index contributed by atoms with van der Waals surface area (Å²) in [5.41, 5.74) is -0.184. The molecular weight excluding hydrogens is 427 g/mol. The first-order valence-corrected chi connectivity index (χ1v) is 11.3. The summed E-state index contributed by atoms with van der Waals surface area (Å²) in [6.07, 6.45) is 2.56. The molecule has 28 heavy (non-hydrogen) atoms. The van der Waals surface area contributed by atoms with Gasteiger partial charge in [-0.25, -0.2) is 22.2 Å². The summed E-state index contributed by atoms with van der Waals surface area (Å²) < 4.78 is 27.5. The van der Waals surface area contributed by atoms with Crippen LogP contribution in [0.5, 0.6) is 0 Å². The Bertz CT molecular complexity index is 1080. The quantitative estimate of drug-likeness (QED) is 0.653. The summed E-state index contributed by atoms with van der Waals surface area (Å²) in [7, 11) is -1.74. The Morgan fingerprint density at radius 2 is 2.04 bits per heavy atom. The second-order valence-electron chi connectivity index (χ2n) is 6.86. The van der Waals surface area contributed by atoms with E-state index >= 15 is 0 Å². The van der Waals surface area contributed by atoms with Gasteiger partial charge in [0.05, 0.1) is 11.3 Å². The first-order valence-electron chi connectivity index (χ1n) is 8.65. The minimum absolute atomic E-state index is 0.206. The number of aromatic nitrogens is 3. The lowest BCUT2D eigenvalue weighted by atomic mass is 9.99. The van der Waals surface area contributed by atoms with Crippen molar-refractivity contribution in [3.63, 3.8) is 0 Å². The lowest BCUT2D eigenvalue weighted by Crippen LogP contribution is -2.39. The van der Waals surface area contributed by atoms with Gasteiger partial charge in [-0.1, -0.05) is 23.2 Å². The Morgan fingerprint density at radius 3 is 2.68 bits per heavy atom. The van der Waals surface area contributed by atoms with Crippen molar-refractivity contribution in [3.05, 3.63) is 50.1 Å². The molecule has 2 aromatic rings. The highest BCUT2D eigenvalue weighted by Gasteiger charge is 2.30. The van der Waals surface area contributed by atoms with E-state index < -0.39 is 15.7 Å². The van der Waals surface area contributed by atoms with Crippen molar-refractivity contribution in [1.82, 2.24) is 18.7 Å². The number of piperidine rings is 1. The smallest absolute Gasteiger partial charge is 0.292 e. The Morgan fingerprint density at radius 1 is 1.32 bits per heavy atom. The van der Waals surface area contributed by atoms with Gasteiger partial charge in [0.25, 0.3) is 0 Å². The van der Waals surface area contributed by atoms with Crippen LogP contribution in [0.1, 0.15) is 34.9 Å². The van der Waals surface area contributed by atoms with Crippen LogP contribution in [0.3, 0.4) is 0 Å². The van der Waals surface area contributed by atoms with Crippen molar-refractivity contribution in [1.29, 1.82) is 0 Å². The van der Waals surface area contributed by atoms with Crippen molar-refractivity contribution in [2.45, 2.75) is 25.3 Å². The number of benzene rings is 1. The van der Waals surface area contributed by atoms with Gasteiger partial charge in [-0.05, 0) is 31.0 Å². The van der Waals surface area contributed by atoms with Crippen LogP contribution in [0, 0.1) is 0 Å². The molecular formula is C17H20Cl2N4O4S. The fourth-order valence-corrected chi connectivity index (χ4v) is 4.78. The number of hydrogen-bond donors (Lipinski definition) is 0. The van der Waals surface area contributed by atoms with Crippen LogP contribution in [-0.4, -0.2) is 52.2 Å². The van der Waals surface area contributed by atoms with Crippen LogP contribution in [0.4, 0.5) is 0 Å². The monoisotopic (exact) mass is 446 g/mol. The maximum atomic E-state index is 12.6. The third-order valence-corrected chi connectivity index (χ3v) is 6.64. The van der Waals surface area contributed by atoms with Crippen LogP contribution in [-0.2, 0) is 23.6 Å². The van der Waals surface area contributed by atoms with Gasteiger partial charge in [-0.3, -0.25) is 9.36 Å². The first-order chi connectivity index (χ1) is 13.1. The van der Waals surface area contributed by atoms with Gasteiger partial charge in [-0.15, -0.1) is 0 Å². The maximum Gasteiger partial charge on any atom is 0.346 e. The van der Waals surface area contributed by atoms with E-state index in [4.69, 9.17) is 23.2 Å². The second-order valence-corrected chi connectivity index (χ2v) is 9.69. The Kier molecular flexibility index (Phi) is 6.00. The molecule has 2 heterocycles. The first kappa shape index (κ1) is 21.0. The van der Waals surface area contributed by atoms with Gasteiger partial charge in [0.15, 0.2) is 5.78 Å². The average Bonchev–Trinajstić information content (AvgIpc) is 2.89. The molecule has 152 valence electrons. The zero-order valence-corrected chi connectivity index (χ0v) is 17.8. The summed E-state index contributed by atoms with van der Waals surface area (Å²) >= 11 is 11.9. The molecule has 1 atom stereocenters. The molecule has 0 aliphatic carbocycles. The molecule has 1 fully saturated rings. The largest absolute Gasteiger partial charge is 0.346 e. The third-order valence-electron chi connectivity index (χ3n) is 4.82. The molecule has 0 bridgehead atoms. The zero-order valence-electron chi connectivity index (χ0n) is 15.4. The molecule has 1 aliphatic heterocycles. The lowest BCUT2D eigenvalue weighted by molar-refractivity contribution is 0.0966. The Labute approximate surface area is 172 Å². The van der Waals surface area contributed by atoms with Gasteiger partial charge >= 0.3 is 5.69 Å². The van der Waals surface area contributed by atoms with E-state index in [9.17, 15) is 18.0 Å². The van der Waals surface area contributed by atoms with Crippen LogP contribution >= 0.6 is 23.2 Å². The van der Waals surface area contributed by atoms with Crippen molar-refractivity contribution in [2.24, 2.45) is 7.05 Å². The molecule has 0 radical (unpaired) electrons. The third kappa shape index (κ3) is 4.32. The molecule has 1 aliphatic rings. The molecule has 1 saturated heterocycles. The van der Waals surface area contributed by atoms with Crippen LogP contribution in [0.25, 0.3) is 0 Å². The molecule has 0 saturated carbocycles. The molecule has 3 rings (SSSR count). The Balaban J connectivity index is 1.85. The molecule has 0 spiro atoms. The van der Waals surface area contributed by atoms with E-state index in [1.807, 2.05) is 0 Å². The number of ketones is 1. The van der Waals surface area contributed by atoms with Crippen molar-refractivity contribution < 1.29 is 13.2 Å². The standard InChI is InChI=1S/C17H20Cl2N4O4S/c1-21-16(11-4-3-7-22(9-11)28(2,26)27)20-23(17(21)25)10-15(24)13-6-5-12(18)8-14(13)19/h5-6,8,11H,3-4,7,9-10H2,1-2H3. The van der Waals surface area contributed by atoms with Gasteiger partial charge < -0.3 is 0 Å². The number of hydrogen-bond acceptors (Lipinski definition) is 5. The van der Waals surface area contributed by atoms with Crippen molar-refractivity contribution >= 4 is 39.0 Å². The summed E-state index contributed by atoms with van der Waals surface area (Å²) in [6.45, 7) is 0.453. The van der Waals surface area contributed by atoms with Gasteiger partial charge in [-0.2, -0.15) is 5.10 Å². The molecule has 0 amide bonds. The van der Waals surface area contributed by atoms with Crippen molar-refractivity contribution in [2.75, 3.05) is 19.3 Å². The fraction of sp³-hybridized carbons (Fsp3) is 0.471. The predicted octanol–water partition coefficient (Wildman–Crippen LogP) is 1.91. The summed E-state index contributed by atoms with van der Waals surface area (Å²) in [5.74, 6) is -0.111. The molecule has 11 heteroatoms. The second kappa shape index (κ2) is 7.98. The maximum absolute atomic E-state index is 12.6. The summed E-state index contributed by atoms with van der Waals surface area (Å²) in [6, 6.07) is 4.52. The highest BCUT2D eigenvalue weighted by molar-refractivity contribution is 7.88. The molecule has 0 N–H and O–H groups in total. The number of sulfonamides is 1. The van der Waals surface area contributed by atoms with Crippen LogP contribution in [0.2, 0.25) is 10.0 Å². The van der Waals surface area contributed by atoms with Crippen molar-refractivity contribution in [3.8, 4) is 0 Å². The lowest BCUT2D eigenvalue weighted by Gasteiger charge is -2.30. The number of carbonyl (C=O) groups excluding carboxylic acids is 1. The predicted molar refractivity (Wildman–Crippen MR) is 107 cm³/mol. The van der Waals surface area contributed by atoms with E-state index in [0.29, 0.717) is 30.2 Å². The fourth-order valence-electron chi connectivity index (χ4n) is 3.35. The van der Waals surface area contributed by atoms with E-state index in [2.05, 4.69) is 5.10 Å². The summed E-state index contributed by atoms with van der Waals surface area (Å²) in [4.78, 5) is 25.1. The average molecular weight is 447 g/mol. The Hall–Kier alpha value is -1.68. The number of rotatable bonds is 5. The zero-order chi connectivity index (χ0) is 20.6. The van der Waals surface area contributed by atoms with Crippen LogP contribution in [0.15, 0.2) is 23.0 Å². The normalized spacial score (nSPS) is 18.4. The molecule has 1 unspecified atom stereocenters. The minimum Gasteiger partial charge on any atom is -0.292 e. The number of carbonyl (C=O) groups is 1. The van der Waals surface area contributed by atoms with Crippen LogP contribution < -0.4 is 5.69 Å². The van der Waals surface area contributed by atoms with E-state index in [1.54, 1.807) is 13.1 Å². The summed E-state index contributed by atoms with van der Waals surface area (Å²) in [5, 5.41) is 4.93. The highest BCUT2D eigenvalue weighted by atomic mass is 35.5. The number of Topliss-reactive ketones (excluding diaryl/α,β-unsaturated/α-hetero) is 1. The SMILES string of the molecule is Cn1c(C2CCCN(S(C)(=O)=O)C2)nn(CC(=O)c2ccc(Cl)cc2Cl)c1=O. The topological polar surface area (TPSA) is 94.3 Å². The van der Waals surface area contributed by atoms with E-state index in [1.165, 1.54) is 27.3 Å². The van der Waals surface area contributed by atoms with E-state index in [0.717, 1.165) is 4.68 Å². The minimum atomic E-state index is -3.31. The van der Waals surface area contributed by atoms with Gasteiger partial charge in [0.1, 0.15) is 12.4 Å². The molecule has 8 nitrogen and oxygen atoms in total. The van der Waals surface area contributed by atoms with E-state index in [-0.39, 0.29) is 35.4 Å². The van der Waals surface area contributed by atoms with Gasteiger partial charge in [0, 0.05) is 36.6 Å². The van der Waals surface area contributed by atoms with Gasteiger partial charge in [0.2, 0.25) is 10.0 Å². The number of halogens is 2. The molecule has 1 aromatic carbocycles. The number of nitrogens with zero attached hydrogens (tertiary/aromatic N) is 4.